The molecular formula is C13H25N3O2. The van der Waals surface area contributed by atoms with Gasteiger partial charge in [-0.2, -0.15) is 0 Å². The van der Waals surface area contributed by atoms with Crippen LogP contribution in [0.2, 0.25) is 0 Å². The van der Waals surface area contributed by atoms with Crippen molar-refractivity contribution in [1.29, 1.82) is 0 Å². The Morgan fingerprint density at radius 3 is 2.61 bits per heavy atom. The second kappa shape index (κ2) is 7.36. The summed E-state index contributed by atoms with van der Waals surface area (Å²) in [4.78, 5) is 25.2. The highest BCUT2D eigenvalue weighted by molar-refractivity contribution is 5.85. The molecule has 2 amide bonds. The van der Waals surface area contributed by atoms with Gasteiger partial charge in [-0.1, -0.05) is 12.8 Å². The summed E-state index contributed by atoms with van der Waals surface area (Å²) in [6, 6.07) is 0. The molecule has 5 nitrogen and oxygen atoms in total. The number of likely N-dealkylation sites (N-methyl/N-ethyl adjacent to an activating group) is 1. The summed E-state index contributed by atoms with van der Waals surface area (Å²) >= 11 is 0. The van der Waals surface area contributed by atoms with E-state index in [1.54, 1.807) is 11.9 Å². The van der Waals surface area contributed by atoms with Gasteiger partial charge in [-0.15, -0.1) is 0 Å². The molecule has 1 rings (SSSR count). The van der Waals surface area contributed by atoms with E-state index in [2.05, 4.69) is 5.32 Å². The highest BCUT2D eigenvalue weighted by Crippen LogP contribution is 2.29. The van der Waals surface area contributed by atoms with Gasteiger partial charge in [0, 0.05) is 19.5 Å². The van der Waals surface area contributed by atoms with E-state index < -0.39 is 0 Å². The van der Waals surface area contributed by atoms with Crippen LogP contribution < -0.4 is 11.1 Å². The van der Waals surface area contributed by atoms with Crippen molar-refractivity contribution in [1.82, 2.24) is 10.2 Å². The molecule has 0 aromatic carbocycles. The van der Waals surface area contributed by atoms with Gasteiger partial charge in [-0.25, -0.2) is 0 Å². The lowest BCUT2D eigenvalue weighted by molar-refractivity contribution is -0.134. The topological polar surface area (TPSA) is 75.4 Å². The molecule has 0 saturated heterocycles. The molecule has 1 saturated carbocycles. The number of carbonyl (C=O) groups excluding carboxylic acids is 2. The number of nitrogens with one attached hydrogen (secondary N) is 1. The molecule has 0 bridgehead atoms. The third-order valence-corrected chi connectivity index (χ3v) is 3.86. The van der Waals surface area contributed by atoms with Gasteiger partial charge in [0.1, 0.15) is 0 Å². The molecule has 0 aromatic heterocycles. The Bertz CT molecular complexity index is 294. The molecule has 5 heteroatoms. The molecule has 2 atom stereocenters. The first-order chi connectivity index (χ1) is 8.60. The minimum absolute atomic E-state index is 0.0107. The number of nitrogens with zero attached hydrogens (tertiary/aromatic N) is 1. The average molecular weight is 255 g/mol. The molecule has 0 aromatic rings. The molecule has 1 fully saturated rings. The van der Waals surface area contributed by atoms with Crippen LogP contribution in [-0.4, -0.2) is 43.4 Å². The van der Waals surface area contributed by atoms with Gasteiger partial charge in [0.2, 0.25) is 11.8 Å². The minimum atomic E-state index is -0.0500. The summed E-state index contributed by atoms with van der Waals surface area (Å²) in [5.41, 5.74) is 5.70. The van der Waals surface area contributed by atoms with Crippen molar-refractivity contribution in [2.75, 3.05) is 26.7 Å². The summed E-state index contributed by atoms with van der Waals surface area (Å²) in [6.45, 7) is 3.22. The van der Waals surface area contributed by atoms with Crippen LogP contribution in [0.5, 0.6) is 0 Å². The van der Waals surface area contributed by atoms with Gasteiger partial charge in [0.15, 0.2) is 0 Å². The van der Waals surface area contributed by atoms with Crippen LogP contribution >= 0.6 is 0 Å². The summed E-state index contributed by atoms with van der Waals surface area (Å²) in [7, 11) is 1.73. The first-order valence-corrected chi connectivity index (χ1v) is 6.81. The molecule has 1 aliphatic carbocycles. The van der Waals surface area contributed by atoms with Gasteiger partial charge in [0.05, 0.1) is 6.54 Å². The normalized spacial score (nSPS) is 23.5. The van der Waals surface area contributed by atoms with Crippen molar-refractivity contribution >= 4 is 11.8 Å². The molecule has 0 radical (unpaired) electrons. The molecule has 1 aliphatic rings. The zero-order valence-corrected chi connectivity index (χ0v) is 11.4. The van der Waals surface area contributed by atoms with Gasteiger partial charge in [0.25, 0.3) is 0 Å². The second-order valence-electron chi connectivity index (χ2n) is 5.01. The molecule has 104 valence electrons. The fraction of sp³-hybridized carbons (Fsp3) is 0.846. The fourth-order valence-corrected chi connectivity index (χ4v) is 2.44. The highest BCUT2D eigenvalue weighted by atomic mass is 16.2. The Labute approximate surface area is 109 Å². The second-order valence-corrected chi connectivity index (χ2v) is 5.01. The van der Waals surface area contributed by atoms with E-state index in [1.807, 2.05) is 6.92 Å². The maximum Gasteiger partial charge on any atom is 0.241 e. The lowest BCUT2D eigenvalue weighted by Gasteiger charge is -2.29. The molecular weight excluding hydrogens is 230 g/mol. The Morgan fingerprint density at radius 1 is 1.33 bits per heavy atom. The van der Waals surface area contributed by atoms with E-state index in [9.17, 15) is 9.59 Å². The average Bonchev–Trinajstić information content (AvgIpc) is 2.43. The predicted molar refractivity (Wildman–Crippen MR) is 70.8 cm³/mol. The summed E-state index contributed by atoms with van der Waals surface area (Å²) in [6.07, 6.45) is 4.16. The van der Waals surface area contributed by atoms with Crippen LogP contribution in [0.15, 0.2) is 0 Å². The standard InChI is InChI=1S/C13H25N3O2/c1-3-16(2)12(17)9-15-13(18)11-7-5-4-6-10(11)8-14/h10-11H,3-9,14H2,1-2H3,(H,15,18). The van der Waals surface area contributed by atoms with Gasteiger partial charge in [-0.05, 0) is 32.2 Å². The molecule has 18 heavy (non-hydrogen) atoms. The Kier molecular flexibility index (Phi) is 6.12. The third kappa shape index (κ3) is 3.98. The van der Waals surface area contributed by atoms with Crippen molar-refractivity contribution in [2.45, 2.75) is 32.6 Å². The van der Waals surface area contributed by atoms with Crippen molar-refractivity contribution < 1.29 is 9.59 Å². The number of nitrogens with two attached hydrogens (primary N) is 1. The van der Waals surface area contributed by atoms with E-state index >= 15 is 0 Å². The van der Waals surface area contributed by atoms with Crippen LogP contribution in [-0.2, 0) is 9.59 Å². The Balaban J connectivity index is 2.41. The van der Waals surface area contributed by atoms with Crippen LogP contribution in [0.25, 0.3) is 0 Å². The maximum absolute atomic E-state index is 12.0. The van der Waals surface area contributed by atoms with Crippen molar-refractivity contribution in [3.63, 3.8) is 0 Å². The van der Waals surface area contributed by atoms with E-state index in [4.69, 9.17) is 5.73 Å². The lowest BCUT2D eigenvalue weighted by atomic mass is 9.79. The van der Waals surface area contributed by atoms with Crippen LogP contribution in [0, 0.1) is 11.8 Å². The molecule has 0 heterocycles. The number of hydrogen-bond acceptors (Lipinski definition) is 3. The Hall–Kier alpha value is -1.10. The number of amides is 2. The molecule has 3 N–H and O–H groups in total. The SMILES string of the molecule is CCN(C)C(=O)CNC(=O)C1CCCCC1CN. The maximum atomic E-state index is 12.0. The fourth-order valence-electron chi connectivity index (χ4n) is 2.44. The smallest absolute Gasteiger partial charge is 0.241 e. The van der Waals surface area contributed by atoms with Gasteiger partial charge in [-0.3, -0.25) is 9.59 Å². The number of carbonyl (C=O) groups is 2. The summed E-state index contributed by atoms with van der Waals surface area (Å²) in [5.74, 6) is 0.204. The first-order valence-electron chi connectivity index (χ1n) is 6.81. The summed E-state index contributed by atoms with van der Waals surface area (Å²) in [5, 5.41) is 2.75. The van der Waals surface area contributed by atoms with Crippen molar-refractivity contribution in [2.24, 2.45) is 17.6 Å². The lowest BCUT2D eigenvalue weighted by Crippen LogP contribution is -2.43. The highest BCUT2D eigenvalue weighted by Gasteiger charge is 2.29. The third-order valence-electron chi connectivity index (χ3n) is 3.86. The molecule has 0 spiro atoms. The predicted octanol–water partition coefficient (Wildman–Crippen LogP) is 0.346. The zero-order valence-electron chi connectivity index (χ0n) is 11.4. The van der Waals surface area contributed by atoms with Crippen LogP contribution in [0.3, 0.4) is 0 Å². The van der Waals surface area contributed by atoms with Crippen LogP contribution in [0.4, 0.5) is 0 Å². The monoisotopic (exact) mass is 255 g/mol. The summed E-state index contributed by atoms with van der Waals surface area (Å²) < 4.78 is 0. The zero-order chi connectivity index (χ0) is 13.5. The minimum Gasteiger partial charge on any atom is -0.347 e. The van der Waals surface area contributed by atoms with Crippen molar-refractivity contribution in [3.05, 3.63) is 0 Å². The molecule has 0 aliphatic heterocycles. The Morgan fingerprint density at radius 2 is 2.00 bits per heavy atom. The quantitative estimate of drug-likeness (QED) is 0.744. The van der Waals surface area contributed by atoms with E-state index in [1.165, 1.54) is 0 Å². The van der Waals surface area contributed by atoms with Crippen LogP contribution in [0.1, 0.15) is 32.6 Å². The number of rotatable bonds is 5. The largest absolute Gasteiger partial charge is 0.347 e. The van der Waals surface area contributed by atoms with E-state index in [-0.39, 0.29) is 30.2 Å². The molecule has 2 unspecified atom stereocenters. The van der Waals surface area contributed by atoms with Gasteiger partial charge < -0.3 is 16.0 Å². The van der Waals surface area contributed by atoms with E-state index in [0.29, 0.717) is 13.1 Å². The van der Waals surface area contributed by atoms with Gasteiger partial charge >= 0.3 is 0 Å². The number of hydrogen-bond donors (Lipinski definition) is 2. The van der Waals surface area contributed by atoms with E-state index in [0.717, 1.165) is 25.7 Å². The van der Waals surface area contributed by atoms with Crippen molar-refractivity contribution in [3.8, 4) is 0 Å². The first kappa shape index (κ1) is 15.0.